The van der Waals surface area contributed by atoms with Crippen molar-refractivity contribution in [2.45, 2.75) is 46.5 Å². The number of halogens is 1. The Bertz CT molecular complexity index is 1150. The second kappa shape index (κ2) is 7.30. The lowest BCUT2D eigenvalue weighted by molar-refractivity contribution is -0.118. The predicted molar refractivity (Wildman–Crippen MR) is 122 cm³/mol. The molecule has 1 atom stereocenters. The van der Waals surface area contributed by atoms with Gasteiger partial charge in [0.2, 0.25) is 0 Å². The van der Waals surface area contributed by atoms with Gasteiger partial charge in [0.05, 0.1) is 17.6 Å². The van der Waals surface area contributed by atoms with Crippen LogP contribution in [0.5, 0.6) is 0 Å². The van der Waals surface area contributed by atoms with Crippen molar-refractivity contribution < 1.29 is 4.79 Å². The minimum Gasteiger partial charge on any atom is -0.384 e. The zero-order valence-corrected chi connectivity index (χ0v) is 19.1. The van der Waals surface area contributed by atoms with Crippen LogP contribution in [0.2, 0.25) is 5.02 Å². The maximum atomic E-state index is 13.5. The summed E-state index contributed by atoms with van der Waals surface area (Å²) < 4.78 is 0. The second-order valence-corrected chi connectivity index (χ2v) is 10.7. The van der Waals surface area contributed by atoms with Crippen molar-refractivity contribution in [3.05, 3.63) is 73.3 Å². The average Bonchev–Trinajstić information content (AvgIpc) is 2.99. The number of aryl methyl sites for hydroxylation is 2. The summed E-state index contributed by atoms with van der Waals surface area (Å²) in [6.45, 7) is 8.29. The molecule has 6 heteroatoms. The van der Waals surface area contributed by atoms with Crippen LogP contribution in [-0.2, 0) is 4.79 Å². The minimum absolute atomic E-state index is 0.0914. The van der Waals surface area contributed by atoms with Crippen LogP contribution in [0, 0.1) is 30.6 Å². The van der Waals surface area contributed by atoms with Gasteiger partial charge in [0.25, 0.3) is 0 Å². The monoisotopic (exact) mass is 437 g/mol. The fourth-order valence-electron chi connectivity index (χ4n) is 4.64. The Balaban J connectivity index is 2.01. The number of hydrogen-bond donors (Lipinski definition) is 1. The van der Waals surface area contributed by atoms with Gasteiger partial charge in [-0.1, -0.05) is 25.4 Å². The molecule has 154 valence electrons. The Labute approximate surface area is 186 Å². The van der Waals surface area contributed by atoms with E-state index >= 15 is 0 Å². The summed E-state index contributed by atoms with van der Waals surface area (Å²) in [6.07, 6.45) is 1.16. The minimum atomic E-state index is -0.415. The number of nitriles is 1. The molecule has 0 fully saturated rings. The summed E-state index contributed by atoms with van der Waals surface area (Å²) in [5.41, 5.74) is 10.3. The number of nitrogens with two attached hydrogens (primary N) is 1. The molecular weight excluding hydrogens is 414 g/mol. The molecule has 4 rings (SSSR count). The number of carbonyl (C=O) groups excluding carboxylic acids is 1. The summed E-state index contributed by atoms with van der Waals surface area (Å²) >= 11 is 7.77. The molecular formula is C24H24ClN3OS. The third-order valence-electron chi connectivity index (χ3n) is 5.86. The molecule has 2 aromatic rings. The van der Waals surface area contributed by atoms with E-state index in [1.165, 1.54) is 0 Å². The Kier molecular flexibility index (Phi) is 5.04. The lowest BCUT2D eigenvalue weighted by atomic mass is 9.68. The highest BCUT2D eigenvalue weighted by atomic mass is 35.5. The average molecular weight is 438 g/mol. The Morgan fingerprint density at radius 1 is 1.23 bits per heavy atom. The summed E-state index contributed by atoms with van der Waals surface area (Å²) in [5, 5.41) is 10.7. The quantitative estimate of drug-likeness (QED) is 0.629. The molecule has 30 heavy (non-hydrogen) atoms. The van der Waals surface area contributed by atoms with Gasteiger partial charge in [-0.15, -0.1) is 11.3 Å². The molecule has 0 spiro atoms. The van der Waals surface area contributed by atoms with E-state index in [0.29, 0.717) is 34.8 Å². The number of hydrogen-bond acceptors (Lipinski definition) is 5. The van der Waals surface area contributed by atoms with E-state index in [1.807, 2.05) is 30.9 Å². The third-order valence-corrected chi connectivity index (χ3v) is 7.09. The topological polar surface area (TPSA) is 70.1 Å². The third kappa shape index (κ3) is 3.34. The van der Waals surface area contributed by atoms with Crippen molar-refractivity contribution in [3.63, 3.8) is 0 Å². The van der Waals surface area contributed by atoms with Crippen LogP contribution < -0.4 is 10.6 Å². The van der Waals surface area contributed by atoms with Crippen LogP contribution in [-0.4, -0.2) is 5.78 Å². The van der Waals surface area contributed by atoms with Gasteiger partial charge in [-0.2, -0.15) is 5.26 Å². The summed E-state index contributed by atoms with van der Waals surface area (Å²) in [4.78, 5) is 17.6. The number of rotatable bonds is 2. The first-order valence-corrected chi connectivity index (χ1v) is 11.1. The summed E-state index contributed by atoms with van der Waals surface area (Å²) in [6, 6.07) is 11.8. The lowest BCUT2D eigenvalue weighted by Crippen LogP contribution is -2.42. The van der Waals surface area contributed by atoms with Gasteiger partial charge in [-0.25, -0.2) is 0 Å². The molecule has 1 aromatic heterocycles. The number of benzene rings is 1. The van der Waals surface area contributed by atoms with E-state index in [4.69, 9.17) is 17.3 Å². The second-order valence-electron chi connectivity index (χ2n) is 8.83. The molecule has 2 N–H and O–H groups in total. The van der Waals surface area contributed by atoms with Crippen molar-refractivity contribution in [1.29, 1.82) is 5.26 Å². The smallest absolute Gasteiger partial charge is 0.162 e. The fraction of sp³-hybridized carbons (Fsp3) is 0.333. The van der Waals surface area contributed by atoms with Gasteiger partial charge in [0, 0.05) is 38.2 Å². The summed E-state index contributed by atoms with van der Waals surface area (Å²) in [5.74, 6) is 0.0631. The largest absolute Gasteiger partial charge is 0.384 e. The molecule has 1 aliphatic heterocycles. The zero-order chi connectivity index (χ0) is 21.8. The van der Waals surface area contributed by atoms with E-state index in [0.717, 1.165) is 26.7 Å². The number of Topliss-reactive ketones (excluding diaryl/α,β-unsaturated/α-hetero) is 1. The zero-order valence-electron chi connectivity index (χ0n) is 17.5. The van der Waals surface area contributed by atoms with Crippen LogP contribution >= 0.6 is 22.9 Å². The molecule has 4 nitrogen and oxygen atoms in total. The van der Waals surface area contributed by atoms with E-state index in [1.54, 1.807) is 23.5 Å². The van der Waals surface area contributed by atoms with Crippen molar-refractivity contribution in [2.75, 3.05) is 4.90 Å². The first-order valence-electron chi connectivity index (χ1n) is 9.91. The number of carbonyl (C=O) groups is 1. The molecule has 1 aliphatic carbocycles. The van der Waals surface area contributed by atoms with Crippen LogP contribution in [0.25, 0.3) is 0 Å². The highest BCUT2D eigenvalue weighted by Gasteiger charge is 2.45. The van der Waals surface area contributed by atoms with Crippen LogP contribution in [0.1, 0.15) is 47.9 Å². The van der Waals surface area contributed by atoms with Crippen molar-refractivity contribution >= 4 is 34.4 Å². The van der Waals surface area contributed by atoms with E-state index in [2.05, 4.69) is 26.0 Å². The maximum absolute atomic E-state index is 13.5. The highest BCUT2D eigenvalue weighted by Crippen LogP contribution is 2.51. The predicted octanol–water partition coefficient (Wildman–Crippen LogP) is 5.96. The Hall–Kier alpha value is -2.55. The van der Waals surface area contributed by atoms with E-state index in [9.17, 15) is 10.1 Å². The van der Waals surface area contributed by atoms with Crippen LogP contribution in [0.15, 0.2) is 53.0 Å². The highest BCUT2D eigenvalue weighted by molar-refractivity contribution is 7.12. The van der Waals surface area contributed by atoms with Gasteiger partial charge in [-0.3, -0.25) is 9.69 Å². The molecule has 0 saturated carbocycles. The van der Waals surface area contributed by atoms with Crippen molar-refractivity contribution in [2.24, 2.45) is 11.1 Å². The standard InChI is InChI=1S/C24H24ClN3OS/c1-13-9-17(14(2)30-13)21-18(12-26)23(27)28(16-7-5-15(25)6-8-16)19-10-24(3,4)11-20(29)22(19)21/h5-9,21H,10-11,27H2,1-4H3/t21-/m1/s1. The van der Waals surface area contributed by atoms with Gasteiger partial charge in [0.15, 0.2) is 5.78 Å². The molecule has 0 radical (unpaired) electrons. The first-order chi connectivity index (χ1) is 14.1. The fourth-order valence-corrected chi connectivity index (χ4v) is 5.73. The van der Waals surface area contributed by atoms with Gasteiger partial charge < -0.3 is 5.73 Å². The maximum Gasteiger partial charge on any atom is 0.162 e. The number of anilines is 1. The van der Waals surface area contributed by atoms with Gasteiger partial charge in [-0.05, 0) is 61.6 Å². The van der Waals surface area contributed by atoms with Crippen molar-refractivity contribution in [1.82, 2.24) is 0 Å². The SMILES string of the molecule is Cc1cc([C@@H]2C(C#N)=C(N)N(c3ccc(Cl)cc3)C3=C2C(=O)CC(C)(C)C3)c(C)s1. The Morgan fingerprint density at radius 2 is 1.90 bits per heavy atom. The normalized spacial score (nSPS) is 21.0. The lowest BCUT2D eigenvalue weighted by Gasteiger charge is -2.43. The Morgan fingerprint density at radius 3 is 2.47 bits per heavy atom. The number of thiophene rings is 1. The van der Waals surface area contributed by atoms with Gasteiger partial charge >= 0.3 is 0 Å². The number of ketones is 1. The number of allylic oxidation sites excluding steroid dienone is 3. The number of nitrogens with zero attached hydrogens (tertiary/aromatic N) is 2. The molecule has 2 heterocycles. The molecule has 0 unspecified atom stereocenters. The molecule has 0 amide bonds. The van der Waals surface area contributed by atoms with Crippen molar-refractivity contribution in [3.8, 4) is 6.07 Å². The molecule has 1 aromatic carbocycles. The van der Waals surface area contributed by atoms with E-state index < -0.39 is 5.92 Å². The van der Waals surface area contributed by atoms with Crippen LogP contribution in [0.3, 0.4) is 0 Å². The van der Waals surface area contributed by atoms with Crippen LogP contribution in [0.4, 0.5) is 5.69 Å². The van der Waals surface area contributed by atoms with E-state index in [-0.39, 0.29) is 11.2 Å². The van der Waals surface area contributed by atoms with Gasteiger partial charge in [0.1, 0.15) is 5.82 Å². The first kappa shape index (κ1) is 20.7. The molecule has 0 saturated heterocycles. The molecule has 2 aliphatic rings. The molecule has 0 bridgehead atoms. The summed E-state index contributed by atoms with van der Waals surface area (Å²) in [7, 11) is 0.